The van der Waals surface area contributed by atoms with Gasteiger partial charge in [0, 0.05) is 51.5 Å². The smallest absolute Gasteiger partial charge is 0.220 e. The van der Waals surface area contributed by atoms with Crippen LogP contribution in [-0.2, 0) is 11.8 Å². The Labute approximate surface area is 268 Å². The van der Waals surface area contributed by atoms with E-state index in [-0.39, 0.29) is 18.0 Å². The summed E-state index contributed by atoms with van der Waals surface area (Å²) in [5, 5.41) is 3.38. The summed E-state index contributed by atoms with van der Waals surface area (Å²) in [6.45, 7) is 15.1. The number of aryl methyl sites for hydroxylation is 2. The number of imidazole rings is 1. The second-order valence-electron chi connectivity index (χ2n) is 14.2. The van der Waals surface area contributed by atoms with Crippen LogP contribution in [-0.4, -0.2) is 56.4 Å². The summed E-state index contributed by atoms with van der Waals surface area (Å²) >= 11 is 0. The summed E-state index contributed by atoms with van der Waals surface area (Å²) in [4.78, 5) is 27.8. The van der Waals surface area contributed by atoms with Crippen molar-refractivity contribution >= 4 is 17.6 Å². The number of allylic oxidation sites excluding steroid dienone is 1. The molecule has 4 unspecified atom stereocenters. The molecule has 0 radical (unpaired) electrons. The molecule has 45 heavy (non-hydrogen) atoms. The van der Waals surface area contributed by atoms with Crippen molar-refractivity contribution in [2.24, 2.45) is 24.3 Å². The van der Waals surface area contributed by atoms with Crippen molar-refractivity contribution in [1.29, 1.82) is 0 Å². The van der Waals surface area contributed by atoms with Gasteiger partial charge >= 0.3 is 0 Å². The average molecular weight is 605 g/mol. The number of carbonyl (C=O) groups excluding carboxylic acids is 1. The molecule has 3 fully saturated rings. The minimum atomic E-state index is -0.340. The van der Waals surface area contributed by atoms with Crippen molar-refractivity contribution in [3.8, 4) is 0 Å². The van der Waals surface area contributed by atoms with E-state index in [1.54, 1.807) is 0 Å². The molecule has 4 aliphatic rings. The fraction of sp³-hybridized carbons (Fsp3) is 0.500. The molecule has 236 valence electrons. The topological polar surface area (TPSA) is 66.3 Å². The average Bonchev–Trinajstić information content (AvgIpc) is 3.94. The first-order valence-electron chi connectivity index (χ1n) is 17.0. The lowest BCUT2D eigenvalue weighted by atomic mass is 9.88. The normalized spacial score (nSPS) is 24.1. The van der Waals surface area contributed by atoms with Gasteiger partial charge in [-0.15, -0.1) is 0 Å². The van der Waals surface area contributed by atoms with Gasteiger partial charge in [-0.3, -0.25) is 14.7 Å². The Morgan fingerprint density at radius 3 is 2.62 bits per heavy atom. The third-order valence-corrected chi connectivity index (χ3v) is 11.0. The van der Waals surface area contributed by atoms with Crippen LogP contribution in [0, 0.1) is 24.2 Å². The molecule has 7 nitrogen and oxygen atoms in total. The molecule has 3 aliphatic carbocycles. The molecule has 2 saturated carbocycles. The number of amides is 1. The quantitative estimate of drug-likeness (QED) is 0.280. The van der Waals surface area contributed by atoms with Crippen molar-refractivity contribution in [1.82, 2.24) is 29.7 Å². The fourth-order valence-corrected chi connectivity index (χ4v) is 8.19. The molecule has 1 saturated heterocycles. The Hall–Kier alpha value is -3.71. The van der Waals surface area contributed by atoms with Crippen molar-refractivity contribution in [2.75, 3.05) is 26.2 Å². The molecule has 1 amide bonds. The maximum absolute atomic E-state index is 13.2. The van der Waals surface area contributed by atoms with Crippen molar-refractivity contribution in [3.05, 3.63) is 95.0 Å². The number of benzene rings is 1. The van der Waals surface area contributed by atoms with E-state index >= 15 is 0 Å². The summed E-state index contributed by atoms with van der Waals surface area (Å²) in [6.07, 6.45) is 14.5. The first-order chi connectivity index (χ1) is 21.8. The molecule has 7 rings (SSSR count). The lowest BCUT2D eigenvalue weighted by molar-refractivity contribution is -0.121. The molecule has 0 bridgehead atoms. The number of hydrogen-bond donors (Lipinski definition) is 1. The van der Waals surface area contributed by atoms with Gasteiger partial charge in [-0.2, -0.15) is 0 Å². The molecule has 2 aromatic heterocycles. The minimum Gasteiger partial charge on any atom is -0.373 e. The number of nitrogens with one attached hydrogen (secondary N) is 1. The molecule has 1 N–H and O–H groups in total. The number of pyridine rings is 1. The predicted octanol–water partition coefficient (Wildman–Crippen LogP) is 6.68. The van der Waals surface area contributed by atoms with E-state index < -0.39 is 0 Å². The number of nitrogens with zero attached hydrogens (tertiary/aromatic N) is 5. The van der Waals surface area contributed by atoms with E-state index in [9.17, 15) is 4.79 Å². The Bertz CT molecular complexity index is 1620. The summed E-state index contributed by atoms with van der Waals surface area (Å²) in [6, 6.07) is 10.7. The zero-order valence-corrected chi connectivity index (χ0v) is 27.4. The zero-order valence-electron chi connectivity index (χ0n) is 27.4. The van der Waals surface area contributed by atoms with Gasteiger partial charge < -0.3 is 14.8 Å². The lowest BCUT2D eigenvalue weighted by Gasteiger charge is -2.42. The molecule has 3 aromatic rings. The molecule has 1 aliphatic heterocycles. The predicted molar refractivity (Wildman–Crippen MR) is 180 cm³/mol. The fourth-order valence-electron chi connectivity index (χ4n) is 8.19. The molecule has 4 atom stereocenters. The second kappa shape index (κ2) is 11.9. The number of aromatic nitrogens is 3. The van der Waals surface area contributed by atoms with Crippen LogP contribution in [0.4, 0.5) is 0 Å². The largest absolute Gasteiger partial charge is 0.373 e. The van der Waals surface area contributed by atoms with Gasteiger partial charge in [-0.1, -0.05) is 50.3 Å². The second-order valence-corrected chi connectivity index (χ2v) is 14.2. The molecule has 7 heteroatoms. The zero-order chi connectivity index (χ0) is 31.3. The highest BCUT2D eigenvalue weighted by molar-refractivity contribution is 5.91. The van der Waals surface area contributed by atoms with Gasteiger partial charge in [-0.05, 0) is 90.7 Å². The standard InChI is InChI=1S/C38H48N6O/c1-6-8-34(45)41-36(33-23-39-24-42(33)5)31-21-28-9-7-14-40-35(28)37(29-11-10-25(2)19-30(29)31)44-17-15-43(16-18-44)27(4)22-38(12-13-38)32-20-26(32)3/h7,9-11,14,19,21,23-24,26,32,36-37H,4,6,8,12-13,15-18,20,22H2,1-3,5H3,(H,41,45). The molecular formula is C38H48N6O. The highest BCUT2D eigenvalue weighted by Crippen LogP contribution is 2.66. The van der Waals surface area contributed by atoms with Crippen LogP contribution in [0.5, 0.6) is 0 Å². The number of hydrogen-bond acceptors (Lipinski definition) is 5. The SMILES string of the molecule is C=C(CC1(C2CC2C)CC1)N1CCN(C2c3ccc(C)cc3C(C(NC(=O)CCC)c3cncn3C)=Cc3cccnc32)CC1. The minimum absolute atomic E-state index is 0.0154. The lowest BCUT2D eigenvalue weighted by Crippen LogP contribution is -2.47. The van der Waals surface area contributed by atoms with Crippen molar-refractivity contribution in [3.63, 3.8) is 0 Å². The number of piperazine rings is 1. The van der Waals surface area contributed by atoms with Crippen LogP contribution >= 0.6 is 0 Å². The van der Waals surface area contributed by atoms with E-state index in [0.29, 0.717) is 11.8 Å². The molecule has 3 heterocycles. The van der Waals surface area contributed by atoms with E-state index in [1.807, 2.05) is 43.3 Å². The van der Waals surface area contributed by atoms with Crippen LogP contribution in [0.15, 0.2) is 61.3 Å². The number of carbonyl (C=O) groups is 1. The number of rotatable bonds is 10. The highest BCUT2D eigenvalue weighted by Gasteiger charge is 2.57. The number of fused-ring (bicyclic) bond motifs is 2. The van der Waals surface area contributed by atoms with Crippen molar-refractivity contribution in [2.45, 2.75) is 71.4 Å². The Kier molecular flexibility index (Phi) is 7.93. The van der Waals surface area contributed by atoms with E-state index in [1.165, 1.54) is 48.1 Å². The maximum Gasteiger partial charge on any atom is 0.220 e. The van der Waals surface area contributed by atoms with Gasteiger partial charge in [0.15, 0.2) is 0 Å². The first kappa shape index (κ1) is 30.0. The van der Waals surface area contributed by atoms with Gasteiger partial charge in [-0.25, -0.2) is 4.98 Å². The highest BCUT2D eigenvalue weighted by atomic mass is 16.1. The van der Waals surface area contributed by atoms with Crippen LogP contribution in [0.2, 0.25) is 0 Å². The van der Waals surface area contributed by atoms with Crippen LogP contribution < -0.4 is 5.32 Å². The maximum atomic E-state index is 13.2. The van der Waals surface area contributed by atoms with Crippen molar-refractivity contribution < 1.29 is 4.79 Å². The van der Waals surface area contributed by atoms with E-state index in [2.05, 4.69) is 70.9 Å². The third-order valence-electron chi connectivity index (χ3n) is 11.0. The van der Waals surface area contributed by atoms with Gasteiger partial charge in [0.2, 0.25) is 5.91 Å². The summed E-state index contributed by atoms with van der Waals surface area (Å²) in [5.74, 6) is 1.87. The van der Waals surface area contributed by atoms with Crippen LogP contribution in [0.25, 0.3) is 11.6 Å². The van der Waals surface area contributed by atoms with Crippen LogP contribution in [0.3, 0.4) is 0 Å². The molecular weight excluding hydrogens is 556 g/mol. The van der Waals surface area contributed by atoms with E-state index in [4.69, 9.17) is 4.98 Å². The summed E-state index contributed by atoms with van der Waals surface area (Å²) in [5.41, 5.74) is 9.71. The Balaban J connectivity index is 1.22. The van der Waals surface area contributed by atoms with E-state index in [0.717, 1.165) is 67.0 Å². The summed E-state index contributed by atoms with van der Waals surface area (Å²) in [7, 11) is 2.00. The summed E-state index contributed by atoms with van der Waals surface area (Å²) < 4.78 is 2.02. The monoisotopic (exact) mass is 604 g/mol. The van der Waals surface area contributed by atoms with Gasteiger partial charge in [0.1, 0.15) is 0 Å². The Morgan fingerprint density at radius 1 is 1.18 bits per heavy atom. The van der Waals surface area contributed by atoms with Gasteiger partial charge in [0.25, 0.3) is 0 Å². The van der Waals surface area contributed by atoms with Crippen LogP contribution in [0.1, 0.15) is 98.1 Å². The third kappa shape index (κ3) is 5.76. The molecule has 0 spiro atoms. The van der Waals surface area contributed by atoms with Gasteiger partial charge in [0.05, 0.1) is 36.0 Å². The molecule has 1 aromatic carbocycles. The Morgan fingerprint density at radius 2 is 1.96 bits per heavy atom. The first-order valence-corrected chi connectivity index (χ1v) is 17.0.